The maximum atomic E-state index is 13.8. The number of benzene rings is 1. The van der Waals surface area contributed by atoms with E-state index < -0.39 is 28.2 Å². The van der Waals surface area contributed by atoms with E-state index in [0.717, 1.165) is 31.2 Å². The molecule has 1 saturated heterocycles. The molecule has 0 unspecified atom stereocenters. The number of hydrogen-bond donors (Lipinski definition) is 0. The topological polar surface area (TPSA) is 57.7 Å². The van der Waals surface area contributed by atoms with Gasteiger partial charge in [-0.2, -0.15) is 0 Å². The maximum absolute atomic E-state index is 13.8. The van der Waals surface area contributed by atoms with Crippen LogP contribution in [0.4, 0.5) is 14.5 Å². The molecule has 0 aliphatic carbocycles. The number of halogens is 2. The predicted molar refractivity (Wildman–Crippen MR) is 74.4 cm³/mol. The second-order valence-electron chi connectivity index (χ2n) is 4.95. The highest BCUT2D eigenvalue weighted by atomic mass is 32.2. The van der Waals surface area contributed by atoms with Crippen LogP contribution in [0.25, 0.3) is 0 Å². The molecule has 1 fully saturated rings. The van der Waals surface area contributed by atoms with Gasteiger partial charge in [-0.1, -0.05) is 0 Å². The number of anilines is 1. The highest BCUT2D eigenvalue weighted by Crippen LogP contribution is 2.23. The van der Waals surface area contributed by atoms with Crippen LogP contribution in [0.3, 0.4) is 0 Å². The Morgan fingerprint density at radius 1 is 1.29 bits per heavy atom. The summed E-state index contributed by atoms with van der Waals surface area (Å²) >= 11 is 0. The Hall–Kier alpha value is -1.70. The van der Waals surface area contributed by atoms with E-state index in [9.17, 15) is 22.0 Å². The molecule has 21 heavy (non-hydrogen) atoms. The van der Waals surface area contributed by atoms with Crippen molar-refractivity contribution in [3.05, 3.63) is 29.8 Å². The Kier molecular flexibility index (Phi) is 4.46. The molecule has 0 saturated carbocycles. The summed E-state index contributed by atoms with van der Waals surface area (Å²) < 4.78 is 51.0. The molecule has 1 heterocycles. The fraction of sp³-hybridized carbons (Fsp3) is 0.462. The number of rotatable bonds is 4. The average molecular weight is 318 g/mol. The zero-order valence-corrected chi connectivity index (χ0v) is 12.4. The summed E-state index contributed by atoms with van der Waals surface area (Å²) in [5.41, 5.74) is -0.327. The molecule has 0 radical (unpaired) electrons. The standard InChI is InChI=1S/C13H16F2N2O3S/c1-21(19,20)17(9-13(18)16-6-2-3-7-16)12-5-4-10(14)8-11(12)15/h4-5,8H,2-3,6-7,9H2,1H3. The molecule has 8 heteroatoms. The lowest BCUT2D eigenvalue weighted by molar-refractivity contribution is -0.128. The number of hydrogen-bond acceptors (Lipinski definition) is 3. The van der Waals surface area contributed by atoms with E-state index in [2.05, 4.69) is 0 Å². The van der Waals surface area contributed by atoms with Gasteiger partial charge in [-0.3, -0.25) is 9.10 Å². The molecule has 0 atom stereocenters. The van der Waals surface area contributed by atoms with Crippen LogP contribution in [0.5, 0.6) is 0 Å². The summed E-state index contributed by atoms with van der Waals surface area (Å²) in [6.07, 6.45) is 2.62. The Morgan fingerprint density at radius 3 is 2.43 bits per heavy atom. The monoisotopic (exact) mass is 318 g/mol. The number of likely N-dealkylation sites (tertiary alicyclic amines) is 1. The van der Waals surface area contributed by atoms with E-state index in [1.807, 2.05) is 0 Å². The van der Waals surface area contributed by atoms with Crippen LogP contribution >= 0.6 is 0 Å². The largest absolute Gasteiger partial charge is 0.341 e. The van der Waals surface area contributed by atoms with Crippen LogP contribution in [0, 0.1) is 11.6 Å². The summed E-state index contributed by atoms with van der Waals surface area (Å²) in [6.45, 7) is 0.659. The minimum absolute atomic E-state index is 0.327. The van der Waals surface area contributed by atoms with Gasteiger partial charge in [0.1, 0.15) is 18.2 Å². The van der Waals surface area contributed by atoms with Crippen molar-refractivity contribution in [1.29, 1.82) is 0 Å². The minimum Gasteiger partial charge on any atom is -0.341 e. The van der Waals surface area contributed by atoms with Crippen LogP contribution in [-0.4, -0.2) is 45.1 Å². The van der Waals surface area contributed by atoms with Gasteiger partial charge < -0.3 is 4.90 Å². The molecule has 1 amide bonds. The number of amides is 1. The highest BCUT2D eigenvalue weighted by Gasteiger charge is 2.27. The Balaban J connectivity index is 2.29. The van der Waals surface area contributed by atoms with Crippen molar-refractivity contribution in [2.45, 2.75) is 12.8 Å². The summed E-state index contributed by atoms with van der Waals surface area (Å²) in [5.74, 6) is -2.22. The van der Waals surface area contributed by atoms with Gasteiger partial charge in [0.15, 0.2) is 0 Å². The summed E-state index contributed by atoms with van der Waals surface area (Å²) in [5, 5.41) is 0. The van der Waals surface area contributed by atoms with Gasteiger partial charge in [0.2, 0.25) is 15.9 Å². The van der Waals surface area contributed by atoms with E-state index in [-0.39, 0.29) is 11.6 Å². The lowest BCUT2D eigenvalue weighted by Gasteiger charge is -2.25. The van der Waals surface area contributed by atoms with E-state index in [1.165, 1.54) is 0 Å². The van der Waals surface area contributed by atoms with Crippen LogP contribution in [0.1, 0.15) is 12.8 Å². The molecule has 5 nitrogen and oxygen atoms in total. The van der Waals surface area contributed by atoms with Crippen molar-refractivity contribution < 1.29 is 22.0 Å². The Bertz CT molecular complexity index is 643. The van der Waals surface area contributed by atoms with Crippen molar-refractivity contribution in [3.63, 3.8) is 0 Å². The fourth-order valence-corrected chi connectivity index (χ4v) is 3.10. The van der Waals surface area contributed by atoms with Gasteiger partial charge in [0, 0.05) is 19.2 Å². The number of carbonyl (C=O) groups excluding carboxylic acids is 1. The van der Waals surface area contributed by atoms with Gasteiger partial charge in [0.25, 0.3) is 0 Å². The maximum Gasteiger partial charge on any atom is 0.243 e. The fourth-order valence-electron chi connectivity index (χ4n) is 2.25. The second kappa shape index (κ2) is 5.97. The van der Waals surface area contributed by atoms with Gasteiger partial charge in [0.05, 0.1) is 11.9 Å². The van der Waals surface area contributed by atoms with Gasteiger partial charge in [-0.15, -0.1) is 0 Å². The quantitative estimate of drug-likeness (QED) is 0.842. The summed E-state index contributed by atoms with van der Waals surface area (Å²) in [6, 6.07) is 2.56. The molecular weight excluding hydrogens is 302 g/mol. The third kappa shape index (κ3) is 3.69. The molecule has 0 bridgehead atoms. The van der Waals surface area contributed by atoms with Crippen LogP contribution in [-0.2, 0) is 14.8 Å². The molecule has 2 rings (SSSR count). The molecule has 0 aromatic heterocycles. The van der Waals surface area contributed by atoms with Gasteiger partial charge >= 0.3 is 0 Å². The molecular formula is C13H16F2N2O3S. The van der Waals surface area contributed by atoms with Gasteiger partial charge in [-0.25, -0.2) is 17.2 Å². The SMILES string of the molecule is CS(=O)(=O)N(CC(=O)N1CCCC1)c1ccc(F)cc1F. The summed E-state index contributed by atoms with van der Waals surface area (Å²) in [4.78, 5) is 13.6. The normalized spacial score (nSPS) is 15.3. The van der Waals surface area contributed by atoms with Crippen LogP contribution in [0.15, 0.2) is 18.2 Å². The molecule has 1 aliphatic rings. The number of nitrogens with zero attached hydrogens (tertiary/aromatic N) is 2. The van der Waals surface area contributed by atoms with Crippen LogP contribution in [0.2, 0.25) is 0 Å². The zero-order chi connectivity index (χ0) is 15.6. The first-order chi connectivity index (χ1) is 9.79. The first-order valence-corrected chi connectivity index (χ1v) is 8.34. The van der Waals surface area contributed by atoms with Crippen molar-refractivity contribution in [2.75, 3.05) is 30.2 Å². The Labute approximate surface area is 122 Å². The number of carbonyl (C=O) groups is 1. The molecule has 0 spiro atoms. The lowest BCUT2D eigenvalue weighted by atomic mass is 10.3. The van der Waals surface area contributed by atoms with Crippen LogP contribution < -0.4 is 4.31 Å². The zero-order valence-electron chi connectivity index (χ0n) is 11.6. The molecule has 1 aliphatic heterocycles. The lowest BCUT2D eigenvalue weighted by Crippen LogP contribution is -2.42. The van der Waals surface area contributed by atoms with Crippen molar-refractivity contribution in [1.82, 2.24) is 4.90 Å². The Morgan fingerprint density at radius 2 is 1.90 bits per heavy atom. The highest BCUT2D eigenvalue weighted by molar-refractivity contribution is 7.92. The molecule has 1 aromatic rings. The molecule has 116 valence electrons. The van der Waals surface area contributed by atoms with Gasteiger partial charge in [-0.05, 0) is 25.0 Å². The first kappa shape index (κ1) is 15.7. The second-order valence-corrected chi connectivity index (χ2v) is 6.86. The van der Waals surface area contributed by atoms with E-state index in [4.69, 9.17) is 0 Å². The third-order valence-electron chi connectivity index (χ3n) is 3.32. The van der Waals surface area contributed by atoms with Crippen molar-refractivity contribution in [3.8, 4) is 0 Å². The van der Waals surface area contributed by atoms with E-state index >= 15 is 0 Å². The number of sulfonamides is 1. The molecule has 0 N–H and O–H groups in total. The van der Waals surface area contributed by atoms with Crippen molar-refractivity contribution in [2.24, 2.45) is 0 Å². The third-order valence-corrected chi connectivity index (χ3v) is 4.44. The summed E-state index contributed by atoms with van der Waals surface area (Å²) in [7, 11) is -3.85. The predicted octanol–water partition coefficient (Wildman–Crippen LogP) is 1.35. The van der Waals surface area contributed by atoms with E-state index in [1.54, 1.807) is 4.90 Å². The van der Waals surface area contributed by atoms with Crippen molar-refractivity contribution >= 4 is 21.6 Å². The minimum atomic E-state index is -3.85. The first-order valence-electron chi connectivity index (χ1n) is 6.49. The van der Waals surface area contributed by atoms with E-state index in [0.29, 0.717) is 23.5 Å². The smallest absolute Gasteiger partial charge is 0.243 e. The molecule has 1 aromatic carbocycles. The average Bonchev–Trinajstić information content (AvgIpc) is 2.89.